The van der Waals surface area contributed by atoms with Crippen molar-refractivity contribution >= 4 is 5.97 Å². The molecule has 0 aromatic carbocycles. The predicted octanol–water partition coefficient (Wildman–Crippen LogP) is 13.2. The molecule has 13 heteroatoms. The van der Waals surface area contributed by atoms with Gasteiger partial charge in [-0.1, -0.05) is 200 Å². The lowest BCUT2D eigenvalue weighted by Gasteiger charge is -2.09. The van der Waals surface area contributed by atoms with Crippen LogP contribution in [-0.2, 0) is 61.6 Å². The van der Waals surface area contributed by atoms with Crippen molar-refractivity contribution in [3.05, 3.63) is 0 Å². The van der Waals surface area contributed by atoms with E-state index < -0.39 is 0 Å². The third-order valence-electron chi connectivity index (χ3n) is 12.3. The van der Waals surface area contributed by atoms with Gasteiger partial charge in [0.1, 0.15) is 6.61 Å². The van der Waals surface area contributed by atoms with Gasteiger partial charge in [0.2, 0.25) is 0 Å². The van der Waals surface area contributed by atoms with E-state index in [1.807, 2.05) is 0 Å². The summed E-state index contributed by atoms with van der Waals surface area (Å²) in [5.41, 5.74) is 0. The van der Waals surface area contributed by atoms with Gasteiger partial charge in [-0.3, -0.25) is 4.79 Å². The summed E-state index contributed by atoms with van der Waals surface area (Å²) in [6.45, 7) is 16.5. The first-order valence-corrected chi connectivity index (χ1v) is 29.8. The minimum atomic E-state index is -0.128. The van der Waals surface area contributed by atoms with Gasteiger partial charge >= 0.3 is 5.97 Å². The summed E-state index contributed by atoms with van der Waals surface area (Å²) in [7, 11) is 0. The molecule has 71 heavy (non-hydrogen) atoms. The fraction of sp³-hybridized carbons (Fsp3) is 0.983. The van der Waals surface area contributed by atoms with Gasteiger partial charge in [-0.25, -0.2) is 0 Å². The number of hydrogen-bond donors (Lipinski definition) is 0. The minimum absolute atomic E-state index is 0.128. The van der Waals surface area contributed by atoms with Gasteiger partial charge < -0.3 is 56.8 Å². The van der Waals surface area contributed by atoms with E-state index >= 15 is 0 Å². The van der Waals surface area contributed by atoms with Gasteiger partial charge in [-0.15, -0.1) is 0 Å². The highest BCUT2D eigenvalue weighted by Crippen LogP contribution is 2.15. The number of carbonyl (C=O) groups is 1. The number of carbonyl (C=O) groups excluding carboxylic acids is 1. The van der Waals surface area contributed by atoms with E-state index in [1.165, 1.54) is 180 Å². The molecule has 0 aromatic rings. The summed E-state index contributed by atoms with van der Waals surface area (Å²) < 4.78 is 66.4. The van der Waals surface area contributed by atoms with Crippen LogP contribution in [-0.4, -0.2) is 158 Å². The normalized spacial score (nSPS) is 11.6. The quantitative estimate of drug-likeness (QED) is 0.0424. The second kappa shape index (κ2) is 67.0. The highest BCUT2D eigenvalue weighted by Gasteiger charge is 2.04. The molecule has 0 radical (unpaired) electrons. The second-order valence-electron chi connectivity index (χ2n) is 19.0. The molecule has 0 spiro atoms. The van der Waals surface area contributed by atoms with Crippen molar-refractivity contribution in [2.24, 2.45) is 0 Å². The Morgan fingerprint density at radius 2 is 0.366 bits per heavy atom. The summed E-state index contributed by atoms with van der Waals surface area (Å²) in [6.07, 6.45) is 42.4. The van der Waals surface area contributed by atoms with E-state index in [1.54, 1.807) is 0 Å². The van der Waals surface area contributed by atoms with Gasteiger partial charge in [0.15, 0.2) is 0 Å². The second-order valence-corrected chi connectivity index (χ2v) is 19.0. The van der Waals surface area contributed by atoms with Gasteiger partial charge in [0, 0.05) is 13.0 Å². The first-order valence-electron chi connectivity index (χ1n) is 29.8. The molecule has 0 aliphatic rings. The molecule has 0 atom stereocenters. The zero-order chi connectivity index (χ0) is 51.0. The summed E-state index contributed by atoms with van der Waals surface area (Å²) in [4.78, 5) is 11.9. The Morgan fingerprint density at radius 3 is 0.592 bits per heavy atom. The molecule has 13 nitrogen and oxygen atoms in total. The smallest absolute Gasteiger partial charge is 0.305 e. The predicted molar refractivity (Wildman–Crippen MR) is 289 cm³/mol. The lowest BCUT2D eigenvalue weighted by atomic mass is 10.0. The van der Waals surface area contributed by atoms with E-state index in [4.69, 9.17) is 56.8 Å². The summed E-state index contributed by atoms with van der Waals surface area (Å²) in [5, 5.41) is 0. The third kappa shape index (κ3) is 67.0. The molecule has 0 aliphatic heterocycles. The van der Waals surface area contributed by atoms with Gasteiger partial charge in [-0.05, 0) is 12.8 Å². The standard InChI is InChI=1S/C58H116O13/c1-3-5-7-9-11-13-15-17-19-21-23-25-27-29-31-33-35-60-36-37-61-38-39-62-40-41-63-42-43-64-44-45-65-46-47-66-48-49-67-50-51-68-52-53-69-54-55-70-56-57-71-58(59)34-32-30-28-26-24-22-20-18-16-14-12-10-8-6-4-2/h3-57H2,1-2H3. The van der Waals surface area contributed by atoms with Crippen molar-refractivity contribution in [3.8, 4) is 0 Å². The van der Waals surface area contributed by atoms with Crippen LogP contribution < -0.4 is 0 Å². The van der Waals surface area contributed by atoms with E-state index in [0.717, 1.165) is 25.9 Å². The first-order chi connectivity index (χ1) is 35.3. The Morgan fingerprint density at radius 1 is 0.197 bits per heavy atom. The maximum Gasteiger partial charge on any atom is 0.305 e. The maximum absolute atomic E-state index is 11.9. The van der Waals surface area contributed by atoms with Gasteiger partial charge in [-0.2, -0.15) is 0 Å². The highest BCUT2D eigenvalue weighted by molar-refractivity contribution is 5.69. The Labute approximate surface area is 437 Å². The average molecular weight is 1020 g/mol. The molecular weight excluding hydrogens is 905 g/mol. The number of rotatable bonds is 66. The van der Waals surface area contributed by atoms with Crippen molar-refractivity contribution in [1.82, 2.24) is 0 Å². The van der Waals surface area contributed by atoms with Crippen LogP contribution in [0.1, 0.15) is 219 Å². The number of ether oxygens (including phenoxy) is 12. The van der Waals surface area contributed by atoms with Crippen LogP contribution in [0.3, 0.4) is 0 Å². The third-order valence-corrected chi connectivity index (χ3v) is 12.3. The largest absolute Gasteiger partial charge is 0.463 e. The average Bonchev–Trinajstić information content (AvgIpc) is 3.38. The lowest BCUT2D eigenvalue weighted by molar-refractivity contribution is -0.145. The van der Waals surface area contributed by atoms with Crippen molar-refractivity contribution in [3.63, 3.8) is 0 Å². The molecule has 0 amide bonds. The molecule has 0 rings (SSSR count). The summed E-state index contributed by atoms with van der Waals surface area (Å²) in [5.74, 6) is -0.128. The molecule has 0 saturated heterocycles. The van der Waals surface area contributed by atoms with Gasteiger partial charge in [0.25, 0.3) is 0 Å². The van der Waals surface area contributed by atoms with Gasteiger partial charge in [0.05, 0.1) is 139 Å². The first kappa shape index (κ1) is 70.0. The monoisotopic (exact) mass is 1020 g/mol. The fourth-order valence-electron chi connectivity index (χ4n) is 7.98. The van der Waals surface area contributed by atoms with Crippen LogP contribution in [0.15, 0.2) is 0 Å². The molecule has 0 aliphatic carbocycles. The SMILES string of the molecule is CCCCCCCCCCCCCCCCCCOCCOCCOCCOCCOCCOCCOCCOCCOCCOCCOCCOC(=O)CCCCCCCCCCCCCCCCC. The number of unbranched alkanes of at least 4 members (excludes halogenated alkanes) is 29. The van der Waals surface area contributed by atoms with Crippen LogP contribution in [0.5, 0.6) is 0 Å². The molecule has 0 bridgehead atoms. The molecule has 0 saturated carbocycles. The summed E-state index contributed by atoms with van der Waals surface area (Å²) in [6, 6.07) is 0. The number of esters is 1. The van der Waals surface area contributed by atoms with Crippen LogP contribution in [0.2, 0.25) is 0 Å². The molecular formula is C58H116O13. The van der Waals surface area contributed by atoms with E-state index in [9.17, 15) is 4.79 Å². The zero-order valence-corrected chi connectivity index (χ0v) is 46.7. The molecule has 0 unspecified atom stereocenters. The molecule has 0 N–H and O–H groups in total. The van der Waals surface area contributed by atoms with Crippen LogP contribution in [0, 0.1) is 0 Å². The number of hydrogen-bond acceptors (Lipinski definition) is 13. The highest BCUT2D eigenvalue weighted by atomic mass is 16.6. The Kier molecular flexibility index (Phi) is 66.1. The zero-order valence-electron chi connectivity index (χ0n) is 46.7. The lowest BCUT2D eigenvalue weighted by Crippen LogP contribution is -2.15. The van der Waals surface area contributed by atoms with E-state index in [0.29, 0.717) is 152 Å². The molecule has 426 valence electrons. The van der Waals surface area contributed by atoms with E-state index in [2.05, 4.69) is 13.8 Å². The topological polar surface area (TPSA) is 128 Å². The maximum atomic E-state index is 11.9. The van der Waals surface area contributed by atoms with Crippen molar-refractivity contribution < 1.29 is 61.6 Å². The Balaban J connectivity index is 3.12. The Bertz CT molecular complexity index is 948. The van der Waals surface area contributed by atoms with Crippen LogP contribution in [0.25, 0.3) is 0 Å². The van der Waals surface area contributed by atoms with E-state index in [-0.39, 0.29) is 5.97 Å². The van der Waals surface area contributed by atoms with Crippen molar-refractivity contribution in [2.45, 2.75) is 219 Å². The summed E-state index contributed by atoms with van der Waals surface area (Å²) >= 11 is 0. The van der Waals surface area contributed by atoms with Crippen LogP contribution >= 0.6 is 0 Å². The molecule has 0 heterocycles. The Hall–Kier alpha value is -0.970. The van der Waals surface area contributed by atoms with Crippen LogP contribution in [0.4, 0.5) is 0 Å². The van der Waals surface area contributed by atoms with Crippen molar-refractivity contribution in [2.75, 3.05) is 152 Å². The van der Waals surface area contributed by atoms with Crippen molar-refractivity contribution in [1.29, 1.82) is 0 Å². The minimum Gasteiger partial charge on any atom is -0.463 e. The molecule has 0 fully saturated rings. The fourth-order valence-corrected chi connectivity index (χ4v) is 7.98. The molecule has 0 aromatic heterocycles.